The minimum Gasteiger partial charge on any atom is -0.395 e. The highest BCUT2D eigenvalue weighted by Gasteiger charge is 2.51. The molecule has 41 heavy (non-hydrogen) atoms. The van der Waals surface area contributed by atoms with Crippen molar-refractivity contribution in [3.8, 4) is 0 Å². The van der Waals surface area contributed by atoms with Gasteiger partial charge in [-0.1, -0.05) is 0 Å². The molecule has 13 N–H and O–H groups in total. The molecule has 1 saturated carbocycles. The molecule has 240 valence electrons. The van der Waals surface area contributed by atoms with Gasteiger partial charge in [0.05, 0.1) is 37.4 Å². The number of aliphatic imine (C=N–C) groups is 1. The molecule has 15 nitrogen and oxygen atoms in total. The lowest BCUT2D eigenvalue weighted by atomic mass is 9.83. The molecule has 1 aliphatic carbocycles. The van der Waals surface area contributed by atoms with Gasteiger partial charge < -0.3 is 72.3 Å². The Balaban J connectivity index is 1.82. The minimum absolute atomic E-state index is 0.0365. The maximum Gasteiger partial charge on any atom is 0.271 e. The fourth-order valence-corrected chi connectivity index (χ4v) is 5.46. The van der Waals surface area contributed by atoms with Gasteiger partial charge in [0.1, 0.15) is 35.9 Å². The van der Waals surface area contributed by atoms with Crippen LogP contribution in [0.15, 0.2) is 4.99 Å². The van der Waals surface area contributed by atoms with E-state index in [0.717, 1.165) is 0 Å². The molecule has 3 aliphatic rings. The second-order valence-corrected chi connectivity index (χ2v) is 11.1. The number of nitrogens with zero attached hydrogens (tertiary/aromatic N) is 1. The zero-order chi connectivity index (χ0) is 30.5. The van der Waals surface area contributed by atoms with Crippen molar-refractivity contribution in [1.29, 1.82) is 0 Å². The van der Waals surface area contributed by atoms with Gasteiger partial charge in [-0.05, 0) is 33.2 Å². The van der Waals surface area contributed by atoms with E-state index in [0.29, 0.717) is 25.9 Å². The van der Waals surface area contributed by atoms with Crippen LogP contribution >= 0.6 is 0 Å². The summed E-state index contributed by atoms with van der Waals surface area (Å²) >= 11 is 0. The van der Waals surface area contributed by atoms with Crippen LogP contribution in [0, 0.1) is 0 Å². The third kappa shape index (κ3) is 8.47. The molecular weight excluding hydrogens is 554 g/mol. The lowest BCUT2D eigenvalue weighted by molar-refractivity contribution is -0.306. The number of likely N-dealkylation sites (N-methyl/N-ethyl adjacent to an activating group) is 1. The van der Waals surface area contributed by atoms with Crippen molar-refractivity contribution >= 4 is 5.84 Å². The van der Waals surface area contributed by atoms with E-state index < -0.39 is 85.1 Å². The molecule has 17 heteroatoms. The van der Waals surface area contributed by atoms with E-state index in [9.17, 15) is 29.2 Å². The van der Waals surface area contributed by atoms with Crippen molar-refractivity contribution in [3.05, 3.63) is 0 Å². The molecule has 3 fully saturated rings. The quantitative estimate of drug-likeness (QED) is 0.0578. The summed E-state index contributed by atoms with van der Waals surface area (Å²) in [5.74, 6) is -0.783. The Kier molecular flexibility index (Phi) is 12.6. The minimum atomic E-state index is -3.21. The van der Waals surface area contributed by atoms with Crippen molar-refractivity contribution < 1.29 is 53.3 Å². The second kappa shape index (κ2) is 15.0. The SMILES string of the molecule is CNC1C(O)C(OC2C(N=C(N)C(O)C(F)F)CC(N)C(OC3OC(CNCCO)CCC3N)C2O)OCC1(C)O. The summed E-state index contributed by atoms with van der Waals surface area (Å²) in [7, 11) is 1.53. The fraction of sp³-hybridized carbons (Fsp3) is 0.958. The van der Waals surface area contributed by atoms with Gasteiger partial charge in [-0.25, -0.2) is 8.78 Å². The van der Waals surface area contributed by atoms with E-state index in [1.165, 1.54) is 14.0 Å². The maximum atomic E-state index is 13.1. The van der Waals surface area contributed by atoms with E-state index in [2.05, 4.69) is 15.6 Å². The van der Waals surface area contributed by atoms with Crippen LogP contribution in [0.1, 0.15) is 26.2 Å². The van der Waals surface area contributed by atoms with Crippen LogP contribution in [0.25, 0.3) is 0 Å². The molecule has 2 aliphatic heterocycles. The van der Waals surface area contributed by atoms with Gasteiger partial charge >= 0.3 is 0 Å². The molecular formula is C24H46F2N6O9. The van der Waals surface area contributed by atoms with Gasteiger partial charge in [-0.15, -0.1) is 0 Å². The van der Waals surface area contributed by atoms with Gasteiger partial charge in [-0.3, -0.25) is 4.99 Å². The lowest BCUT2D eigenvalue weighted by Crippen LogP contribution is -2.67. The van der Waals surface area contributed by atoms with Crippen molar-refractivity contribution in [1.82, 2.24) is 10.6 Å². The van der Waals surface area contributed by atoms with Crippen LogP contribution in [0.5, 0.6) is 0 Å². The van der Waals surface area contributed by atoms with Crippen LogP contribution in [0.3, 0.4) is 0 Å². The third-order valence-electron chi connectivity index (χ3n) is 7.73. The van der Waals surface area contributed by atoms with E-state index >= 15 is 0 Å². The van der Waals surface area contributed by atoms with Gasteiger partial charge in [0.2, 0.25) is 0 Å². The summed E-state index contributed by atoms with van der Waals surface area (Å²) in [5.41, 5.74) is 16.8. The average molecular weight is 601 g/mol. The molecule has 2 saturated heterocycles. The first-order valence-electron chi connectivity index (χ1n) is 13.8. The van der Waals surface area contributed by atoms with Crippen LogP contribution in [-0.2, 0) is 18.9 Å². The highest BCUT2D eigenvalue weighted by atomic mass is 19.3. The molecule has 2 heterocycles. The number of aliphatic hydroxyl groups is 5. The standard InChI is InChI=1S/C24H46F2N6O9/c1-24(37)9-38-23(15(35)19(24)30-2)41-18-13(32-21(29)16(36)20(25)26)7-12(28)17(14(18)34)40-22-11(27)4-3-10(39-22)8-31-5-6-33/h10-20,22-23,30-31,33-37H,3-9,27-28H2,1-2H3,(H2,29,32). The van der Waals surface area contributed by atoms with Crippen molar-refractivity contribution in [3.63, 3.8) is 0 Å². The lowest BCUT2D eigenvalue weighted by Gasteiger charge is -2.48. The number of halogens is 2. The molecule has 13 unspecified atom stereocenters. The number of rotatable bonds is 12. The Labute approximate surface area is 237 Å². The number of nitrogens with one attached hydrogen (secondary N) is 2. The molecule has 0 aromatic rings. The van der Waals surface area contributed by atoms with E-state index in [4.69, 9.17) is 41.3 Å². The predicted molar refractivity (Wildman–Crippen MR) is 141 cm³/mol. The maximum absolute atomic E-state index is 13.1. The first kappa shape index (κ1) is 34.3. The number of alkyl halides is 2. The summed E-state index contributed by atoms with van der Waals surface area (Å²) in [6.07, 6.45) is -12.5. The smallest absolute Gasteiger partial charge is 0.271 e. The molecule has 0 amide bonds. The number of aliphatic hydroxyl groups excluding tert-OH is 4. The zero-order valence-electron chi connectivity index (χ0n) is 23.3. The van der Waals surface area contributed by atoms with Gasteiger partial charge in [0.15, 0.2) is 18.7 Å². The molecule has 0 bridgehead atoms. The number of amidine groups is 1. The first-order valence-corrected chi connectivity index (χ1v) is 13.8. The number of hydrogen-bond acceptors (Lipinski definition) is 14. The van der Waals surface area contributed by atoms with Gasteiger partial charge in [0, 0.05) is 19.1 Å². The summed E-state index contributed by atoms with van der Waals surface area (Å²) in [4.78, 5) is 4.00. The Hall–Kier alpha value is -1.19. The number of hydrogen-bond donors (Lipinski definition) is 10. The van der Waals surface area contributed by atoms with Crippen LogP contribution in [0.2, 0.25) is 0 Å². The Morgan fingerprint density at radius 2 is 1.80 bits per heavy atom. The highest BCUT2D eigenvalue weighted by Crippen LogP contribution is 2.33. The van der Waals surface area contributed by atoms with Crippen molar-refractivity contribution in [2.75, 3.05) is 33.4 Å². The normalized spacial score (nSPS) is 43.3. The molecule has 0 aromatic heterocycles. The topological polar surface area (TPSA) is 253 Å². The summed E-state index contributed by atoms with van der Waals surface area (Å²) < 4.78 is 49.8. The molecule has 0 spiro atoms. The highest BCUT2D eigenvalue weighted by molar-refractivity contribution is 5.85. The van der Waals surface area contributed by atoms with Crippen LogP contribution in [-0.4, -0.2) is 150 Å². The molecule has 3 rings (SSSR count). The zero-order valence-corrected chi connectivity index (χ0v) is 23.3. The Bertz CT molecular complexity index is 849. The fourth-order valence-electron chi connectivity index (χ4n) is 5.46. The predicted octanol–water partition coefficient (Wildman–Crippen LogP) is -4.33. The second-order valence-electron chi connectivity index (χ2n) is 11.1. The molecule has 0 aromatic carbocycles. The largest absolute Gasteiger partial charge is 0.395 e. The molecule has 13 atom stereocenters. The van der Waals surface area contributed by atoms with Crippen LogP contribution in [0.4, 0.5) is 8.78 Å². The monoisotopic (exact) mass is 600 g/mol. The Morgan fingerprint density at radius 3 is 2.44 bits per heavy atom. The number of ether oxygens (including phenoxy) is 4. The van der Waals surface area contributed by atoms with E-state index in [1.54, 1.807) is 0 Å². The summed E-state index contributed by atoms with van der Waals surface area (Å²) in [6, 6.07) is -3.48. The first-order chi connectivity index (χ1) is 19.3. The number of nitrogens with two attached hydrogens (primary N) is 3. The summed E-state index contributed by atoms with van der Waals surface area (Å²) in [6.45, 7) is 2.01. The third-order valence-corrected chi connectivity index (χ3v) is 7.73. The average Bonchev–Trinajstić information content (AvgIpc) is 2.91. The molecule has 0 radical (unpaired) electrons. The van der Waals surface area contributed by atoms with Gasteiger partial charge in [-0.2, -0.15) is 0 Å². The van der Waals surface area contributed by atoms with E-state index in [-0.39, 0.29) is 25.7 Å². The van der Waals surface area contributed by atoms with Gasteiger partial charge in [0.25, 0.3) is 6.43 Å². The van der Waals surface area contributed by atoms with Crippen LogP contribution < -0.4 is 27.8 Å². The van der Waals surface area contributed by atoms with Crippen molar-refractivity contribution in [2.24, 2.45) is 22.2 Å². The van der Waals surface area contributed by atoms with E-state index in [1.807, 2.05) is 0 Å². The Morgan fingerprint density at radius 1 is 1.12 bits per heavy atom. The van der Waals surface area contributed by atoms with Crippen molar-refractivity contribution in [2.45, 2.75) is 112 Å². The summed E-state index contributed by atoms with van der Waals surface area (Å²) in [5, 5.41) is 57.5.